The van der Waals surface area contributed by atoms with Crippen LogP contribution in [0.1, 0.15) is 50.2 Å². The van der Waals surface area contributed by atoms with Crippen molar-refractivity contribution in [2.75, 3.05) is 13.7 Å². The third-order valence-corrected chi connectivity index (χ3v) is 6.61. The van der Waals surface area contributed by atoms with Crippen LogP contribution in [0.2, 0.25) is 0 Å². The lowest BCUT2D eigenvalue weighted by molar-refractivity contribution is -0.124. The maximum absolute atomic E-state index is 13.9. The minimum atomic E-state index is -0.307. The summed E-state index contributed by atoms with van der Waals surface area (Å²) in [6.45, 7) is 2.44. The van der Waals surface area contributed by atoms with E-state index in [1.54, 1.807) is 34.1 Å². The first kappa shape index (κ1) is 23.2. The molecule has 5 nitrogen and oxygen atoms in total. The summed E-state index contributed by atoms with van der Waals surface area (Å²) in [7, 11) is 1.84. The maximum Gasteiger partial charge on any atom is 0.277 e. The van der Waals surface area contributed by atoms with Gasteiger partial charge in [-0.05, 0) is 61.8 Å². The van der Waals surface area contributed by atoms with Crippen LogP contribution in [-0.4, -0.2) is 40.5 Å². The molecular formula is C26H29FN2O3S. The summed E-state index contributed by atoms with van der Waals surface area (Å²) in [5, 5.41) is 0.563. The predicted molar refractivity (Wildman–Crippen MR) is 130 cm³/mol. The normalized spacial score (nSPS) is 18.3. The van der Waals surface area contributed by atoms with Crippen molar-refractivity contribution in [3.05, 3.63) is 65.1 Å². The van der Waals surface area contributed by atoms with Gasteiger partial charge in [0.1, 0.15) is 18.1 Å². The Labute approximate surface area is 199 Å². The van der Waals surface area contributed by atoms with E-state index in [1.165, 1.54) is 12.5 Å². The van der Waals surface area contributed by atoms with E-state index in [0.29, 0.717) is 34.5 Å². The second-order valence-corrected chi connectivity index (χ2v) is 8.72. The van der Waals surface area contributed by atoms with Gasteiger partial charge in [-0.3, -0.25) is 9.69 Å². The van der Waals surface area contributed by atoms with Gasteiger partial charge in [-0.2, -0.15) is 0 Å². The first-order chi connectivity index (χ1) is 16.0. The number of benzene rings is 2. The summed E-state index contributed by atoms with van der Waals surface area (Å²) in [5.41, 5.74) is 1.83. The van der Waals surface area contributed by atoms with E-state index in [2.05, 4.69) is 0 Å². The van der Waals surface area contributed by atoms with Crippen LogP contribution in [0.5, 0.6) is 11.5 Å². The number of ether oxygens (including phenoxy) is 2. The lowest BCUT2D eigenvalue weighted by Crippen LogP contribution is -2.41. The van der Waals surface area contributed by atoms with Gasteiger partial charge in [-0.25, -0.2) is 4.39 Å². The highest BCUT2D eigenvalue weighted by atomic mass is 32.1. The highest BCUT2D eigenvalue weighted by molar-refractivity contribution is 7.80. The Morgan fingerprint density at radius 1 is 1.09 bits per heavy atom. The van der Waals surface area contributed by atoms with Crippen molar-refractivity contribution in [2.45, 2.75) is 51.7 Å². The molecule has 0 radical (unpaired) electrons. The van der Waals surface area contributed by atoms with Gasteiger partial charge in [0.2, 0.25) is 0 Å². The molecule has 2 aromatic rings. The van der Waals surface area contributed by atoms with Gasteiger partial charge in [0.05, 0.1) is 6.61 Å². The van der Waals surface area contributed by atoms with Crippen LogP contribution in [0.25, 0.3) is 6.08 Å². The molecule has 33 heavy (non-hydrogen) atoms. The van der Waals surface area contributed by atoms with Gasteiger partial charge in [-0.15, -0.1) is 0 Å². The lowest BCUT2D eigenvalue weighted by atomic mass is 9.94. The molecule has 4 rings (SSSR count). The number of carbonyl (C=O) groups is 1. The first-order valence-electron chi connectivity index (χ1n) is 11.5. The molecule has 7 heteroatoms. The maximum atomic E-state index is 13.9. The minimum Gasteiger partial charge on any atom is -0.490 e. The fraction of sp³-hybridized carbons (Fsp3) is 0.385. The van der Waals surface area contributed by atoms with Gasteiger partial charge < -0.3 is 14.4 Å². The third kappa shape index (κ3) is 5.03. The van der Waals surface area contributed by atoms with E-state index in [1.807, 2.05) is 32.2 Å². The zero-order valence-electron chi connectivity index (χ0n) is 19.1. The second kappa shape index (κ2) is 10.3. The van der Waals surface area contributed by atoms with Crippen molar-refractivity contribution in [3.8, 4) is 11.5 Å². The number of thiocarbonyl (C=S) groups is 1. The van der Waals surface area contributed by atoms with Crippen molar-refractivity contribution in [1.82, 2.24) is 9.80 Å². The van der Waals surface area contributed by atoms with Crippen LogP contribution in [0.3, 0.4) is 0 Å². The second-order valence-electron chi connectivity index (χ2n) is 8.36. The summed E-state index contributed by atoms with van der Waals surface area (Å²) < 4.78 is 25.5. The summed E-state index contributed by atoms with van der Waals surface area (Å²) in [6.07, 6.45) is 7.30. The van der Waals surface area contributed by atoms with Gasteiger partial charge in [-0.1, -0.05) is 43.5 Å². The molecule has 0 aromatic heterocycles. The Kier molecular flexibility index (Phi) is 7.28. The molecule has 0 atom stereocenters. The fourth-order valence-electron chi connectivity index (χ4n) is 4.37. The predicted octanol–water partition coefficient (Wildman–Crippen LogP) is 5.54. The molecule has 174 valence electrons. The van der Waals surface area contributed by atoms with E-state index < -0.39 is 0 Å². The molecule has 1 aliphatic heterocycles. The van der Waals surface area contributed by atoms with Gasteiger partial charge in [0.15, 0.2) is 16.6 Å². The van der Waals surface area contributed by atoms with Gasteiger partial charge in [0.25, 0.3) is 5.91 Å². The molecular weight excluding hydrogens is 439 g/mol. The molecule has 0 N–H and O–H groups in total. The van der Waals surface area contributed by atoms with Crippen LogP contribution >= 0.6 is 12.2 Å². The van der Waals surface area contributed by atoms with Crippen LogP contribution in [-0.2, 0) is 11.4 Å². The van der Waals surface area contributed by atoms with Crippen molar-refractivity contribution in [1.29, 1.82) is 0 Å². The third-order valence-electron chi connectivity index (χ3n) is 6.14. The average molecular weight is 469 g/mol. The SMILES string of the molecule is CCOc1cc(/C=C2/C(=O)N(C3CCCCC3)C(=S)N2C)ccc1OCc1ccccc1F. The molecule has 2 aliphatic rings. The fourth-order valence-corrected chi connectivity index (χ4v) is 4.70. The van der Waals surface area contributed by atoms with Gasteiger partial charge >= 0.3 is 0 Å². The minimum absolute atomic E-state index is 0.0489. The molecule has 2 aromatic carbocycles. The molecule has 2 fully saturated rings. The van der Waals surface area contributed by atoms with Crippen LogP contribution in [0.4, 0.5) is 4.39 Å². The van der Waals surface area contributed by atoms with Crippen molar-refractivity contribution < 1.29 is 18.7 Å². The quantitative estimate of drug-likeness (QED) is 0.395. The van der Waals surface area contributed by atoms with E-state index in [0.717, 1.165) is 31.2 Å². The van der Waals surface area contributed by atoms with Crippen molar-refractivity contribution in [2.24, 2.45) is 0 Å². The van der Waals surface area contributed by atoms with Crippen LogP contribution < -0.4 is 9.47 Å². The lowest BCUT2D eigenvalue weighted by Gasteiger charge is -2.30. The standard InChI is InChI=1S/C26H29FN2O3S/c1-3-31-24-16-18(13-14-23(24)32-17-19-9-7-8-12-21(19)27)15-22-25(30)29(26(33)28(22)2)20-10-5-4-6-11-20/h7-9,12-16,20H,3-6,10-11,17H2,1-2H3/b22-15-. The highest BCUT2D eigenvalue weighted by Gasteiger charge is 2.40. The zero-order valence-corrected chi connectivity index (χ0v) is 19.9. The van der Waals surface area contributed by atoms with E-state index in [4.69, 9.17) is 21.7 Å². The number of amides is 1. The average Bonchev–Trinajstić information content (AvgIpc) is 3.03. The van der Waals surface area contributed by atoms with Crippen LogP contribution in [0.15, 0.2) is 48.2 Å². The molecule has 1 saturated heterocycles. The Bertz CT molecular complexity index is 1070. The molecule has 1 amide bonds. The summed E-state index contributed by atoms with van der Waals surface area (Å²) in [4.78, 5) is 16.8. The number of carbonyl (C=O) groups excluding carboxylic acids is 1. The molecule has 1 heterocycles. The van der Waals surface area contributed by atoms with E-state index in [-0.39, 0.29) is 24.4 Å². The number of halogens is 1. The molecule has 0 unspecified atom stereocenters. The van der Waals surface area contributed by atoms with Gasteiger partial charge in [0, 0.05) is 18.7 Å². The molecule has 1 aliphatic carbocycles. The Morgan fingerprint density at radius 2 is 1.85 bits per heavy atom. The number of hydrogen-bond acceptors (Lipinski definition) is 4. The van der Waals surface area contributed by atoms with Crippen molar-refractivity contribution in [3.63, 3.8) is 0 Å². The largest absolute Gasteiger partial charge is 0.490 e. The summed E-state index contributed by atoms with van der Waals surface area (Å²) in [6, 6.07) is 12.2. The zero-order chi connectivity index (χ0) is 23.4. The van der Waals surface area contributed by atoms with E-state index >= 15 is 0 Å². The Hall–Kier alpha value is -2.93. The monoisotopic (exact) mass is 468 g/mol. The first-order valence-corrected chi connectivity index (χ1v) is 11.9. The molecule has 0 spiro atoms. The number of rotatable bonds is 7. The highest BCUT2D eigenvalue weighted by Crippen LogP contribution is 2.33. The topological polar surface area (TPSA) is 42.0 Å². The number of hydrogen-bond donors (Lipinski definition) is 0. The molecule has 0 bridgehead atoms. The molecule has 1 saturated carbocycles. The van der Waals surface area contributed by atoms with E-state index in [9.17, 15) is 9.18 Å². The van der Waals surface area contributed by atoms with Crippen molar-refractivity contribution >= 4 is 29.3 Å². The number of nitrogens with zero attached hydrogens (tertiary/aromatic N) is 2. The summed E-state index contributed by atoms with van der Waals surface area (Å²) >= 11 is 5.61. The van der Waals surface area contributed by atoms with Crippen LogP contribution in [0, 0.1) is 5.82 Å². The Balaban J connectivity index is 1.55. The Morgan fingerprint density at radius 3 is 2.58 bits per heavy atom. The summed E-state index contributed by atoms with van der Waals surface area (Å²) in [5.74, 6) is 0.709. The number of likely N-dealkylation sites (N-methyl/N-ethyl adjacent to an activating group) is 1. The smallest absolute Gasteiger partial charge is 0.277 e.